The fourth-order valence-corrected chi connectivity index (χ4v) is 2.90. The molecule has 0 radical (unpaired) electrons. The molecule has 0 fully saturated rings. The molecule has 122 valence electrons. The van der Waals surface area contributed by atoms with Crippen molar-refractivity contribution in [3.05, 3.63) is 35.9 Å². The number of ether oxygens (including phenoxy) is 1. The number of carboxylic acids is 1. The first-order valence-electron chi connectivity index (χ1n) is 6.88. The van der Waals surface area contributed by atoms with E-state index in [4.69, 9.17) is 9.84 Å². The van der Waals surface area contributed by atoms with Crippen molar-refractivity contribution in [1.29, 1.82) is 0 Å². The first-order chi connectivity index (χ1) is 10.3. The van der Waals surface area contributed by atoms with Gasteiger partial charge in [-0.15, -0.1) is 0 Å². The Morgan fingerprint density at radius 3 is 2.36 bits per heavy atom. The van der Waals surface area contributed by atoms with Crippen LogP contribution in [-0.2, 0) is 20.7 Å². The minimum atomic E-state index is -0.963. The van der Waals surface area contributed by atoms with Crippen LogP contribution in [-0.4, -0.2) is 36.4 Å². The van der Waals surface area contributed by atoms with Gasteiger partial charge in [0.25, 0.3) is 0 Å². The topological polar surface area (TPSA) is 66.8 Å². The van der Waals surface area contributed by atoms with Crippen LogP contribution in [0.2, 0.25) is 0 Å². The van der Waals surface area contributed by atoms with Crippen molar-refractivity contribution in [2.24, 2.45) is 0 Å². The standard InChI is InChI=1S/C15H19I2NO4/c1-10(14(19)20)18(17)13(15(21)22-11(2)16)9-8-12-6-4-3-5-7-12/h3-7,10-11,13H,8-9H2,1-2H3,(H,19,20)/t10?,11?,13-/m0/s1. The summed E-state index contributed by atoms with van der Waals surface area (Å²) >= 11 is 3.90. The summed E-state index contributed by atoms with van der Waals surface area (Å²) in [6.45, 7) is 3.33. The minimum absolute atomic E-state index is 0.255. The third kappa shape index (κ3) is 6.37. The van der Waals surface area contributed by atoms with E-state index in [1.165, 1.54) is 3.11 Å². The molecule has 3 atom stereocenters. The minimum Gasteiger partial charge on any atom is -0.480 e. The Kier molecular flexibility index (Phi) is 8.62. The molecule has 0 aliphatic carbocycles. The van der Waals surface area contributed by atoms with Gasteiger partial charge in [-0.3, -0.25) is 9.59 Å². The third-order valence-corrected chi connectivity index (χ3v) is 4.89. The van der Waals surface area contributed by atoms with Crippen LogP contribution in [0.1, 0.15) is 25.8 Å². The fraction of sp³-hybridized carbons (Fsp3) is 0.467. The lowest BCUT2D eigenvalue weighted by Crippen LogP contribution is -2.44. The monoisotopic (exact) mass is 531 g/mol. The number of esters is 1. The van der Waals surface area contributed by atoms with E-state index in [-0.39, 0.29) is 10.1 Å². The molecule has 1 aromatic rings. The molecule has 0 bridgehead atoms. The first-order valence-corrected chi connectivity index (χ1v) is 9.09. The highest BCUT2D eigenvalue weighted by molar-refractivity contribution is 14.1. The predicted molar refractivity (Wildman–Crippen MR) is 101 cm³/mol. The Labute approximate surface area is 158 Å². The highest BCUT2D eigenvalue weighted by Crippen LogP contribution is 2.20. The van der Waals surface area contributed by atoms with Gasteiger partial charge in [0.2, 0.25) is 0 Å². The summed E-state index contributed by atoms with van der Waals surface area (Å²) in [5, 5.41) is 9.15. The Morgan fingerprint density at radius 1 is 1.27 bits per heavy atom. The molecular formula is C15H19I2NO4. The molecule has 0 heterocycles. The van der Waals surface area contributed by atoms with Gasteiger partial charge in [-0.05, 0) is 54.8 Å². The van der Waals surface area contributed by atoms with Crippen molar-refractivity contribution >= 4 is 57.4 Å². The Morgan fingerprint density at radius 2 is 1.86 bits per heavy atom. The van der Waals surface area contributed by atoms with Crippen LogP contribution in [0.25, 0.3) is 0 Å². The number of rotatable bonds is 8. The zero-order chi connectivity index (χ0) is 16.7. The molecule has 1 rings (SSSR count). The highest BCUT2D eigenvalue weighted by atomic mass is 127. The maximum atomic E-state index is 12.3. The van der Waals surface area contributed by atoms with E-state index < -0.39 is 18.1 Å². The molecule has 7 heteroatoms. The number of aryl methyl sites for hydroxylation is 1. The van der Waals surface area contributed by atoms with E-state index in [9.17, 15) is 9.59 Å². The van der Waals surface area contributed by atoms with Gasteiger partial charge >= 0.3 is 11.9 Å². The van der Waals surface area contributed by atoms with Crippen LogP contribution < -0.4 is 0 Å². The largest absolute Gasteiger partial charge is 0.480 e. The average Bonchev–Trinajstić information content (AvgIpc) is 2.46. The zero-order valence-corrected chi connectivity index (χ0v) is 16.7. The number of benzene rings is 1. The van der Waals surface area contributed by atoms with Crippen LogP contribution in [0, 0.1) is 0 Å². The van der Waals surface area contributed by atoms with Gasteiger partial charge in [-0.1, -0.05) is 30.3 Å². The van der Waals surface area contributed by atoms with Crippen LogP contribution in [0.4, 0.5) is 0 Å². The molecule has 22 heavy (non-hydrogen) atoms. The second kappa shape index (κ2) is 9.66. The summed E-state index contributed by atoms with van der Waals surface area (Å²) in [5.74, 6) is -1.35. The van der Waals surface area contributed by atoms with E-state index in [0.717, 1.165) is 5.56 Å². The van der Waals surface area contributed by atoms with Crippen molar-refractivity contribution in [3.63, 3.8) is 0 Å². The number of carbonyl (C=O) groups excluding carboxylic acids is 1. The van der Waals surface area contributed by atoms with E-state index in [0.29, 0.717) is 12.8 Å². The lowest BCUT2D eigenvalue weighted by atomic mass is 10.0. The number of halogens is 2. The summed E-state index contributed by atoms with van der Waals surface area (Å²) in [4.78, 5) is 23.4. The number of aliphatic carboxylic acids is 1. The lowest BCUT2D eigenvalue weighted by molar-refractivity contribution is -0.150. The van der Waals surface area contributed by atoms with Crippen LogP contribution in [0.3, 0.4) is 0 Å². The molecule has 0 aliphatic heterocycles. The maximum Gasteiger partial charge on any atom is 0.325 e. The molecule has 1 aromatic carbocycles. The SMILES string of the molecule is CC(I)OC(=O)[C@H](CCc1ccccc1)N(I)C(C)C(=O)O. The number of hydrogen-bond acceptors (Lipinski definition) is 4. The summed E-state index contributed by atoms with van der Waals surface area (Å²) < 4.78 is 6.54. The van der Waals surface area contributed by atoms with Crippen molar-refractivity contribution in [2.75, 3.05) is 0 Å². The molecule has 0 aliphatic rings. The molecule has 0 saturated heterocycles. The summed E-state index contributed by atoms with van der Waals surface area (Å²) in [6.07, 6.45) is 1.19. The Hall–Kier alpha value is -0.420. The van der Waals surface area contributed by atoms with Gasteiger partial charge in [-0.2, -0.15) is 0 Å². The summed E-state index contributed by atoms with van der Waals surface area (Å²) in [6, 6.07) is 8.43. The number of alkyl halides is 1. The van der Waals surface area contributed by atoms with E-state index in [2.05, 4.69) is 0 Å². The van der Waals surface area contributed by atoms with E-state index in [1.807, 2.05) is 75.8 Å². The quantitative estimate of drug-likeness (QED) is 0.241. The predicted octanol–water partition coefficient (Wildman–Crippen LogP) is 3.44. The molecule has 1 N–H and O–H groups in total. The highest BCUT2D eigenvalue weighted by Gasteiger charge is 2.32. The van der Waals surface area contributed by atoms with Crippen LogP contribution in [0.15, 0.2) is 30.3 Å². The van der Waals surface area contributed by atoms with Crippen molar-refractivity contribution in [2.45, 2.75) is 42.9 Å². The van der Waals surface area contributed by atoms with Gasteiger partial charge in [0, 0.05) is 22.9 Å². The summed E-state index contributed by atoms with van der Waals surface area (Å²) in [5.41, 5.74) is 1.11. The van der Waals surface area contributed by atoms with E-state index >= 15 is 0 Å². The lowest BCUT2D eigenvalue weighted by Gasteiger charge is -2.27. The Bertz CT molecular complexity index is 496. The van der Waals surface area contributed by atoms with Gasteiger partial charge in [0.15, 0.2) is 0 Å². The second-order valence-electron chi connectivity index (χ2n) is 4.88. The normalized spacial score (nSPS) is 15.1. The third-order valence-electron chi connectivity index (χ3n) is 3.13. The van der Waals surface area contributed by atoms with Crippen LogP contribution in [0.5, 0.6) is 0 Å². The molecule has 0 aromatic heterocycles. The van der Waals surface area contributed by atoms with Gasteiger partial charge < -0.3 is 9.84 Å². The van der Waals surface area contributed by atoms with Crippen molar-refractivity contribution in [1.82, 2.24) is 3.11 Å². The zero-order valence-electron chi connectivity index (χ0n) is 12.4. The number of carbonyl (C=O) groups is 2. The molecule has 5 nitrogen and oxygen atoms in total. The van der Waals surface area contributed by atoms with Gasteiger partial charge in [-0.25, -0.2) is 3.11 Å². The Balaban J connectivity index is 2.81. The number of nitrogens with zero attached hydrogens (tertiary/aromatic N) is 1. The molecule has 0 amide bonds. The smallest absolute Gasteiger partial charge is 0.325 e. The molecule has 0 spiro atoms. The molecular weight excluding hydrogens is 512 g/mol. The second-order valence-corrected chi connectivity index (χ2v) is 7.75. The fourth-order valence-electron chi connectivity index (χ4n) is 1.90. The summed E-state index contributed by atoms with van der Waals surface area (Å²) in [7, 11) is 0. The van der Waals surface area contributed by atoms with Gasteiger partial charge in [0.05, 0.1) is 0 Å². The molecule has 0 saturated carbocycles. The van der Waals surface area contributed by atoms with Crippen molar-refractivity contribution in [3.8, 4) is 0 Å². The first kappa shape index (κ1) is 19.6. The van der Waals surface area contributed by atoms with Gasteiger partial charge in [0.1, 0.15) is 16.2 Å². The average molecular weight is 531 g/mol. The van der Waals surface area contributed by atoms with E-state index in [1.54, 1.807) is 13.8 Å². The molecule has 2 unspecified atom stereocenters. The maximum absolute atomic E-state index is 12.3. The van der Waals surface area contributed by atoms with Crippen LogP contribution >= 0.6 is 45.5 Å². The number of hydrogen-bond donors (Lipinski definition) is 1. The number of carboxylic acid groups (broad SMARTS) is 1. The van der Waals surface area contributed by atoms with Crippen molar-refractivity contribution < 1.29 is 19.4 Å².